The van der Waals surface area contributed by atoms with Crippen LogP contribution in [0.4, 0.5) is 0 Å². The van der Waals surface area contributed by atoms with E-state index in [1.165, 1.54) is 20.8 Å². The Hall–Kier alpha value is -2.65. The molecule has 0 saturated carbocycles. The van der Waals surface area contributed by atoms with Crippen molar-refractivity contribution in [3.05, 3.63) is 29.0 Å². The standard InChI is InChI=1S/C19H21ClN2O7/c1-9-7-15(20)21-18-13(9)5-6-22(18)19-17(29-12(4)25)16(28-11(3)24)14(8-26-19)27-10(2)23/h5-7,14,16-17,19H,8H2,1-4H3/t14-,16-,17+,19+/m0/s1. The Kier molecular flexibility index (Phi) is 6.09. The summed E-state index contributed by atoms with van der Waals surface area (Å²) in [6, 6.07) is 3.57. The van der Waals surface area contributed by atoms with Crippen molar-refractivity contribution in [2.45, 2.75) is 52.2 Å². The smallest absolute Gasteiger partial charge is 0.303 e. The summed E-state index contributed by atoms with van der Waals surface area (Å²) in [4.78, 5) is 39.3. The topological polar surface area (TPSA) is 106 Å². The third kappa shape index (κ3) is 4.51. The van der Waals surface area contributed by atoms with Crippen LogP contribution < -0.4 is 0 Å². The lowest BCUT2D eigenvalue weighted by Crippen LogP contribution is -2.55. The van der Waals surface area contributed by atoms with Crippen LogP contribution in [0.25, 0.3) is 11.0 Å². The third-order valence-electron chi connectivity index (χ3n) is 4.46. The largest absolute Gasteiger partial charge is 0.456 e. The molecule has 1 aliphatic heterocycles. The van der Waals surface area contributed by atoms with Gasteiger partial charge in [0.25, 0.3) is 0 Å². The number of halogens is 1. The number of aryl methyl sites for hydroxylation is 1. The lowest BCUT2D eigenvalue weighted by molar-refractivity contribution is -0.239. The Morgan fingerprint density at radius 3 is 2.34 bits per heavy atom. The molecule has 1 aliphatic rings. The SMILES string of the molecule is CC(=O)O[C@@H]1[C@@H](OC(C)=O)[C@H](n2ccc3c(C)cc(Cl)nc32)OC[C@@H]1OC(C)=O. The highest BCUT2D eigenvalue weighted by atomic mass is 35.5. The predicted octanol–water partition coefficient (Wildman–Crippen LogP) is 2.32. The average Bonchev–Trinajstić information content (AvgIpc) is 3.00. The molecule has 3 heterocycles. The molecular formula is C19H21ClN2O7. The Labute approximate surface area is 171 Å². The van der Waals surface area contributed by atoms with Crippen molar-refractivity contribution in [1.29, 1.82) is 0 Å². The molecule has 2 aromatic rings. The zero-order valence-corrected chi connectivity index (χ0v) is 17.1. The summed E-state index contributed by atoms with van der Waals surface area (Å²) in [7, 11) is 0. The van der Waals surface area contributed by atoms with Gasteiger partial charge in [0.05, 0.1) is 6.61 Å². The normalized spacial score (nSPS) is 24.2. The number of pyridine rings is 1. The first-order valence-electron chi connectivity index (χ1n) is 8.94. The van der Waals surface area contributed by atoms with Gasteiger partial charge < -0.3 is 23.5 Å². The van der Waals surface area contributed by atoms with Crippen LogP contribution in [-0.2, 0) is 33.3 Å². The van der Waals surface area contributed by atoms with E-state index < -0.39 is 42.4 Å². The van der Waals surface area contributed by atoms with Crippen molar-refractivity contribution in [2.24, 2.45) is 0 Å². The van der Waals surface area contributed by atoms with E-state index in [1.807, 2.05) is 13.0 Å². The number of nitrogens with zero attached hydrogens (tertiary/aromatic N) is 2. The summed E-state index contributed by atoms with van der Waals surface area (Å²) >= 11 is 6.11. The van der Waals surface area contributed by atoms with E-state index >= 15 is 0 Å². The molecule has 0 radical (unpaired) electrons. The first kappa shape index (κ1) is 21.1. The molecule has 0 aliphatic carbocycles. The lowest BCUT2D eigenvalue weighted by atomic mass is 10.0. The minimum Gasteiger partial charge on any atom is -0.456 e. The molecule has 3 rings (SSSR count). The van der Waals surface area contributed by atoms with E-state index in [-0.39, 0.29) is 6.61 Å². The Morgan fingerprint density at radius 1 is 1.10 bits per heavy atom. The molecule has 29 heavy (non-hydrogen) atoms. The van der Waals surface area contributed by atoms with E-state index in [1.54, 1.807) is 16.8 Å². The number of rotatable bonds is 4. The van der Waals surface area contributed by atoms with Crippen molar-refractivity contribution in [3.8, 4) is 0 Å². The van der Waals surface area contributed by atoms with E-state index in [4.69, 9.17) is 30.5 Å². The molecule has 0 unspecified atom stereocenters. The van der Waals surface area contributed by atoms with Gasteiger partial charge >= 0.3 is 17.9 Å². The number of esters is 3. The summed E-state index contributed by atoms with van der Waals surface area (Å²) in [5.74, 6) is -1.80. The Balaban J connectivity index is 2.06. The van der Waals surface area contributed by atoms with E-state index in [2.05, 4.69) is 4.98 Å². The molecule has 4 atom stereocenters. The highest BCUT2D eigenvalue weighted by Crippen LogP contribution is 2.34. The van der Waals surface area contributed by atoms with Crippen LogP contribution in [0.3, 0.4) is 0 Å². The minimum absolute atomic E-state index is 0.0703. The zero-order chi connectivity index (χ0) is 21.3. The van der Waals surface area contributed by atoms with E-state index in [0.29, 0.717) is 10.8 Å². The number of aromatic nitrogens is 2. The van der Waals surface area contributed by atoms with Gasteiger partial charge in [0.2, 0.25) is 0 Å². The highest BCUT2D eigenvalue weighted by molar-refractivity contribution is 6.29. The van der Waals surface area contributed by atoms with Crippen molar-refractivity contribution in [2.75, 3.05) is 6.61 Å². The molecule has 0 aromatic carbocycles. The fourth-order valence-electron chi connectivity index (χ4n) is 3.42. The second kappa shape index (κ2) is 8.38. The number of fused-ring (bicyclic) bond motifs is 1. The number of hydrogen-bond donors (Lipinski definition) is 0. The molecule has 1 saturated heterocycles. The molecule has 9 nitrogen and oxygen atoms in total. The van der Waals surface area contributed by atoms with Crippen LogP contribution in [0.15, 0.2) is 18.3 Å². The van der Waals surface area contributed by atoms with Crippen LogP contribution in [0.2, 0.25) is 5.15 Å². The predicted molar refractivity (Wildman–Crippen MR) is 101 cm³/mol. The van der Waals surface area contributed by atoms with Gasteiger partial charge in [-0.15, -0.1) is 0 Å². The molecular weight excluding hydrogens is 404 g/mol. The maximum atomic E-state index is 11.8. The molecule has 0 spiro atoms. The average molecular weight is 425 g/mol. The van der Waals surface area contributed by atoms with E-state index in [9.17, 15) is 14.4 Å². The van der Waals surface area contributed by atoms with Gasteiger partial charge in [0.15, 0.2) is 24.5 Å². The monoisotopic (exact) mass is 424 g/mol. The minimum atomic E-state index is -1.08. The van der Waals surface area contributed by atoms with Crippen molar-refractivity contribution in [1.82, 2.24) is 9.55 Å². The maximum Gasteiger partial charge on any atom is 0.303 e. The Bertz CT molecular complexity index is 957. The van der Waals surface area contributed by atoms with Crippen LogP contribution in [0.5, 0.6) is 0 Å². The number of carbonyl (C=O) groups is 3. The van der Waals surface area contributed by atoms with Gasteiger partial charge in [-0.1, -0.05) is 11.6 Å². The second-order valence-corrected chi connectivity index (χ2v) is 7.13. The molecule has 10 heteroatoms. The third-order valence-corrected chi connectivity index (χ3v) is 4.65. The molecule has 0 amide bonds. The first-order valence-corrected chi connectivity index (χ1v) is 9.32. The van der Waals surface area contributed by atoms with Crippen LogP contribution in [0, 0.1) is 6.92 Å². The van der Waals surface area contributed by atoms with Gasteiger partial charge in [-0.3, -0.25) is 14.4 Å². The summed E-state index contributed by atoms with van der Waals surface area (Å²) < 4.78 is 23.6. The number of carbonyl (C=O) groups excluding carboxylic acids is 3. The van der Waals surface area contributed by atoms with Gasteiger partial charge in [-0.05, 0) is 24.6 Å². The van der Waals surface area contributed by atoms with Gasteiger partial charge in [0, 0.05) is 32.4 Å². The second-order valence-electron chi connectivity index (χ2n) is 6.74. The fourth-order valence-corrected chi connectivity index (χ4v) is 3.67. The van der Waals surface area contributed by atoms with Crippen LogP contribution >= 0.6 is 11.6 Å². The van der Waals surface area contributed by atoms with Gasteiger partial charge in [-0.25, -0.2) is 4.98 Å². The maximum absolute atomic E-state index is 11.8. The fraction of sp³-hybridized carbons (Fsp3) is 0.474. The lowest BCUT2D eigenvalue weighted by Gasteiger charge is -2.41. The van der Waals surface area contributed by atoms with Crippen molar-refractivity contribution in [3.63, 3.8) is 0 Å². The van der Waals surface area contributed by atoms with Gasteiger partial charge in [-0.2, -0.15) is 0 Å². The molecule has 0 N–H and O–H groups in total. The Morgan fingerprint density at radius 2 is 1.72 bits per heavy atom. The number of hydrogen-bond acceptors (Lipinski definition) is 8. The molecule has 156 valence electrons. The molecule has 1 fully saturated rings. The quantitative estimate of drug-likeness (QED) is 0.418. The van der Waals surface area contributed by atoms with Crippen LogP contribution in [-0.4, -0.2) is 52.4 Å². The highest BCUT2D eigenvalue weighted by Gasteiger charge is 2.48. The van der Waals surface area contributed by atoms with Gasteiger partial charge in [0.1, 0.15) is 10.8 Å². The van der Waals surface area contributed by atoms with E-state index in [0.717, 1.165) is 10.9 Å². The van der Waals surface area contributed by atoms with Crippen molar-refractivity contribution >= 4 is 40.5 Å². The summed E-state index contributed by atoms with van der Waals surface area (Å²) in [5, 5.41) is 1.13. The zero-order valence-electron chi connectivity index (χ0n) is 16.4. The number of ether oxygens (including phenoxy) is 4. The van der Waals surface area contributed by atoms with Crippen LogP contribution in [0.1, 0.15) is 32.6 Å². The molecule has 2 aromatic heterocycles. The first-order chi connectivity index (χ1) is 13.7. The summed E-state index contributed by atoms with van der Waals surface area (Å²) in [6.07, 6.45) is -2.22. The molecule has 0 bridgehead atoms. The van der Waals surface area contributed by atoms with Crippen molar-refractivity contribution < 1.29 is 33.3 Å². The summed E-state index contributed by atoms with van der Waals surface area (Å²) in [5.41, 5.74) is 1.43. The summed E-state index contributed by atoms with van der Waals surface area (Å²) in [6.45, 7) is 5.50.